The minimum atomic E-state index is -3.70. The molecule has 1 fully saturated rings. The number of aromatic nitrogens is 2. The normalized spacial score (nSPS) is 15.4. The molecule has 0 bridgehead atoms. The van der Waals surface area contributed by atoms with E-state index in [4.69, 9.17) is 4.74 Å². The van der Waals surface area contributed by atoms with Gasteiger partial charge in [-0.05, 0) is 44.0 Å². The number of hydrogen-bond donors (Lipinski definition) is 1. The lowest BCUT2D eigenvalue weighted by Gasteiger charge is -2.30. The summed E-state index contributed by atoms with van der Waals surface area (Å²) in [4.78, 5) is 17.0. The molecule has 1 aliphatic heterocycles. The van der Waals surface area contributed by atoms with Crippen LogP contribution in [0, 0.1) is 18.7 Å². The highest BCUT2D eigenvalue weighted by Gasteiger charge is 2.33. The van der Waals surface area contributed by atoms with Crippen LogP contribution < -0.4 is 10.1 Å². The third-order valence-electron chi connectivity index (χ3n) is 5.68. The Morgan fingerprint density at radius 1 is 1.15 bits per heavy atom. The van der Waals surface area contributed by atoms with Crippen LogP contribution in [0.15, 0.2) is 59.8 Å². The van der Waals surface area contributed by atoms with E-state index in [-0.39, 0.29) is 29.9 Å². The number of carbonyl (C=O) groups excluding carboxylic acids is 1. The molecule has 0 saturated carbocycles. The SMILES string of the molecule is Cc1nc(S(=O)(=O)N2CCC(C(=O)Nc3ccccc3Oc3cccc(F)c3)CC2)cn1C. The van der Waals surface area contributed by atoms with E-state index in [0.29, 0.717) is 35.9 Å². The highest BCUT2D eigenvalue weighted by Crippen LogP contribution is 2.31. The van der Waals surface area contributed by atoms with Crippen LogP contribution in [0.5, 0.6) is 11.5 Å². The molecule has 8 nitrogen and oxygen atoms in total. The van der Waals surface area contributed by atoms with Crippen LogP contribution in [0.2, 0.25) is 0 Å². The maximum atomic E-state index is 13.5. The van der Waals surface area contributed by atoms with Crippen molar-refractivity contribution in [2.75, 3.05) is 18.4 Å². The van der Waals surface area contributed by atoms with E-state index in [1.807, 2.05) is 0 Å². The number of rotatable bonds is 6. The Labute approximate surface area is 192 Å². The summed E-state index contributed by atoms with van der Waals surface area (Å²) in [6.45, 7) is 2.21. The lowest BCUT2D eigenvalue weighted by atomic mass is 9.97. The summed E-state index contributed by atoms with van der Waals surface area (Å²) < 4.78 is 48.0. The van der Waals surface area contributed by atoms with Gasteiger partial charge in [-0.25, -0.2) is 17.8 Å². The van der Waals surface area contributed by atoms with Crippen LogP contribution >= 0.6 is 0 Å². The van der Waals surface area contributed by atoms with E-state index in [9.17, 15) is 17.6 Å². The Bertz CT molecular complexity index is 1250. The number of piperidine rings is 1. The second-order valence-electron chi connectivity index (χ2n) is 7.96. The summed E-state index contributed by atoms with van der Waals surface area (Å²) in [5, 5.41) is 2.89. The Balaban J connectivity index is 1.40. The summed E-state index contributed by atoms with van der Waals surface area (Å²) in [7, 11) is -1.95. The van der Waals surface area contributed by atoms with Crippen molar-refractivity contribution in [3.63, 3.8) is 0 Å². The number of ether oxygens (including phenoxy) is 1. The number of amides is 1. The Morgan fingerprint density at radius 2 is 1.88 bits per heavy atom. The average molecular weight is 473 g/mol. The summed E-state index contributed by atoms with van der Waals surface area (Å²) >= 11 is 0. The number of hydrogen-bond acceptors (Lipinski definition) is 5. The predicted molar refractivity (Wildman–Crippen MR) is 121 cm³/mol. The van der Waals surface area contributed by atoms with E-state index in [2.05, 4.69) is 10.3 Å². The molecule has 174 valence electrons. The first-order valence-corrected chi connectivity index (χ1v) is 12.0. The van der Waals surface area contributed by atoms with Gasteiger partial charge >= 0.3 is 0 Å². The first-order chi connectivity index (χ1) is 15.7. The second kappa shape index (κ2) is 9.32. The van der Waals surface area contributed by atoms with Gasteiger partial charge in [-0.1, -0.05) is 18.2 Å². The molecule has 1 saturated heterocycles. The number of halogens is 1. The van der Waals surface area contributed by atoms with Crippen LogP contribution in [0.3, 0.4) is 0 Å². The zero-order chi connectivity index (χ0) is 23.6. The number of sulfonamides is 1. The first-order valence-electron chi connectivity index (χ1n) is 10.6. The average Bonchev–Trinajstić information content (AvgIpc) is 3.14. The van der Waals surface area contributed by atoms with Gasteiger partial charge < -0.3 is 14.6 Å². The zero-order valence-electron chi connectivity index (χ0n) is 18.4. The van der Waals surface area contributed by atoms with Crippen molar-refractivity contribution in [2.24, 2.45) is 13.0 Å². The summed E-state index contributed by atoms with van der Waals surface area (Å²) in [5.41, 5.74) is 0.464. The summed E-state index contributed by atoms with van der Waals surface area (Å²) in [6, 6.07) is 12.7. The van der Waals surface area contributed by atoms with Crippen LogP contribution in [0.4, 0.5) is 10.1 Å². The molecule has 0 spiro atoms. The molecule has 0 atom stereocenters. The van der Waals surface area contributed by atoms with E-state index in [1.165, 1.54) is 22.6 Å². The molecule has 1 aliphatic rings. The Kier molecular flexibility index (Phi) is 6.48. The van der Waals surface area contributed by atoms with Gasteiger partial charge in [0, 0.05) is 38.3 Å². The number of nitrogens with one attached hydrogen (secondary N) is 1. The molecule has 1 N–H and O–H groups in total. The Morgan fingerprint density at radius 3 is 2.55 bits per heavy atom. The molecule has 33 heavy (non-hydrogen) atoms. The second-order valence-corrected chi connectivity index (χ2v) is 9.85. The third kappa shape index (κ3) is 5.07. The number of nitrogens with zero attached hydrogens (tertiary/aromatic N) is 3. The molecule has 10 heteroatoms. The first kappa shape index (κ1) is 22.9. The van der Waals surface area contributed by atoms with E-state index < -0.39 is 15.8 Å². The number of carbonyl (C=O) groups is 1. The highest BCUT2D eigenvalue weighted by atomic mass is 32.2. The Hall–Kier alpha value is -3.24. The number of aryl methyl sites for hydroxylation is 2. The van der Waals surface area contributed by atoms with Crippen molar-refractivity contribution in [1.82, 2.24) is 13.9 Å². The minimum Gasteiger partial charge on any atom is -0.455 e. The molecular weight excluding hydrogens is 447 g/mol. The van der Waals surface area contributed by atoms with E-state index in [0.717, 1.165) is 0 Å². The third-order valence-corrected chi connectivity index (χ3v) is 7.45. The smallest absolute Gasteiger partial charge is 0.262 e. The van der Waals surface area contributed by atoms with Crippen LogP contribution in [0.25, 0.3) is 0 Å². The summed E-state index contributed by atoms with van der Waals surface area (Å²) in [5.74, 6) is 0.348. The zero-order valence-corrected chi connectivity index (χ0v) is 19.2. The van der Waals surface area contributed by atoms with Gasteiger partial charge in [-0.15, -0.1) is 0 Å². The molecule has 4 rings (SSSR count). The maximum Gasteiger partial charge on any atom is 0.262 e. The molecule has 1 amide bonds. The van der Waals surface area contributed by atoms with Gasteiger partial charge in [0.2, 0.25) is 5.91 Å². The van der Waals surface area contributed by atoms with E-state index >= 15 is 0 Å². The number of imidazole rings is 1. The van der Waals surface area contributed by atoms with Crippen LogP contribution in [-0.4, -0.2) is 41.3 Å². The lowest BCUT2D eigenvalue weighted by molar-refractivity contribution is -0.120. The minimum absolute atomic E-state index is 0.0221. The fourth-order valence-electron chi connectivity index (χ4n) is 3.69. The summed E-state index contributed by atoms with van der Waals surface area (Å²) in [6.07, 6.45) is 2.28. The molecule has 3 aromatic rings. The monoisotopic (exact) mass is 472 g/mol. The molecule has 2 aromatic carbocycles. The number of para-hydroxylation sites is 2. The van der Waals surface area contributed by atoms with Gasteiger partial charge in [0.15, 0.2) is 10.8 Å². The number of anilines is 1. The maximum absolute atomic E-state index is 13.5. The van der Waals surface area contributed by atoms with Gasteiger partial charge in [0.1, 0.15) is 17.4 Å². The molecule has 0 unspecified atom stereocenters. The molecule has 0 aliphatic carbocycles. The lowest BCUT2D eigenvalue weighted by Crippen LogP contribution is -2.41. The quantitative estimate of drug-likeness (QED) is 0.591. The molecular formula is C23H25FN4O4S. The van der Waals surface area contributed by atoms with Crippen LogP contribution in [-0.2, 0) is 21.9 Å². The van der Waals surface area contributed by atoms with E-state index in [1.54, 1.807) is 54.9 Å². The fourth-order valence-corrected chi connectivity index (χ4v) is 5.19. The number of benzene rings is 2. The van der Waals surface area contributed by atoms with Gasteiger partial charge in [-0.2, -0.15) is 4.31 Å². The fraction of sp³-hybridized carbons (Fsp3) is 0.304. The van der Waals surface area contributed by atoms with Crippen molar-refractivity contribution in [3.05, 3.63) is 66.4 Å². The van der Waals surface area contributed by atoms with Crippen molar-refractivity contribution >= 4 is 21.6 Å². The standard InChI is InChI=1S/C23H25FN4O4S/c1-16-25-22(15-27(16)2)33(30,31)28-12-10-17(11-13-28)23(29)26-20-8-3-4-9-21(20)32-19-7-5-6-18(24)14-19/h3-9,14-15,17H,10-13H2,1-2H3,(H,26,29). The molecule has 1 aromatic heterocycles. The van der Waals surface area contributed by atoms with Gasteiger partial charge in [0.05, 0.1) is 5.69 Å². The predicted octanol–water partition coefficient (Wildman–Crippen LogP) is 3.70. The van der Waals surface area contributed by atoms with Crippen molar-refractivity contribution in [2.45, 2.75) is 24.8 Å². The van der Waals surface area contributed by atoms with Crippen molar-refractivity contribution < 1.29 is 22.3 Å². The topological polar surface area (TPSA) is 93.5 Å². The van der Waals surface area contributed by atoms with Crippen LogP contribution in [0.1, 0.15) is 18.7 Å². The van der Waals surface area contributed by atoms with Crippen molar-refractivity contribution in [3.8, 4) is 11.5 Å². The van der Waals surface area contributed by atoms with Gasteiger partial charge in [0.25, 0.3) is 10.0 Å². The molecule has 0 radical (unpaired) electrons. The van der Waals surface area contributed by atoms with Gasteiger partial charge in [-0.3, -0.25) is 4.79 Å². The van der Waals surface area contributed by atoms with Crippen molar-refractivity contribution in [1.29, 1.82) is 0 Å². The highest BCUT2D eigenvalue weighted by molar-refractivity contribution is 7.89. The molecule has 2 heterocycles. The largest absolute Gasteiger partial charge is 0.455 e.